The maximum atomic E-state index is 12.9. The van der Waals surface area contributed by atoms with Crippen LogP contribution in [0.15, 0.2) is 18.2 Å². The Hall–Kier alpha value is -1.65. The van der Waals surface area contributed by atoms with Gasteiger partial charge in [0.05, 0.1) is 19.8 Å². The number of hydrogen-bond acceptors (Lipinski definition) is 3. The molecule has 1 rings (SSSR count). The second kappa shape index (κ2) is 4.47. The van der Waals surface area contributed by atoms with Crippen molar-refractivity contribution in [2.45, 2.75) is 12.8 Å². The van der Waals surface area contributed by atoms with Crippen LogP contribution in [0.4, 0.5) is 8.78 Å². The largest absolute Gasteiger partial charge is 0.497 e. The third-order valence-electron chi connectivity index (χ3n) is 2.05. The van der Waals surface area contributed by atoms with Crippen molar-refractivity contribution in [3.05, 3.63) is 23.8 Å². The first-order valence-electron chi connectivity index (χ1n) is 4.54. The third kappa shape index (κ3) is 2.48. The summed E-state index contributed by atoms with van der Waals surface area (Å²) in [6.07, 6.45) is 0. The van der Waals surface area contributed by atoms with Gasteiger partial charge in [-0.15, -0.1) is 0 Å². The average Bonchev–Trinajstić information content (AvgIpc) is 2.26. The zero-order valence-electron chi connectivity index (χ0n) is 9.21. The Morgan fingerprint density at radius 2 is 1.88 bits per heavy atom. The molecule has 0 N–H and O–H groups in total. The molecule has 0 radical (unpaired) electrons. The van der Waals surface area contributed by atoms with Gasteiger partial charge in [0, 0.05) is 13.0 Å². The summed E-state index contributed by atoms with van der Waals surface area (Å²) in [5.74, 6) is -4.17. The second-order valence-corrected chi connectivity index (χ2v) is 3.28. The molecule has 1 aromatic carbocycles. The zero-order chi connectivity index (χ0) is 12.3. The van der Waals surface area contributed by atoms with Crippen LogP contribution in [0.3, 0.4) is 0 Å². The molecule has 0 aliphatic rings. The van der Waals surface area contributed by atoms with Crippen molar-refractivity contribution in [2.24, 2.45) is 0 Å². The molecule has 88 valence electrons. The summed E-state index contributed by atoms with van der Waals surface area (Å²) in [7, 11) is 2.74. The topological polar surface area (TPSA) is 35.5 Å². The van der Waals surface area contributed by atoms with Gasteiger partial charge >= 0.3 is 5.92 Å². The van der Waals surface area contributed by atoms with Crippen LogP contribution in [0.25, 0.3) is 0 Å². The summed E-state index contributed by atoms with van der Waals surface area (Å²) in [6, 6.07) is 4.08. The highest BCUT2D eigenvalue weighted by molar-refractivity contribution is 6.03. The number of rotatable bonds is 4. The van der Waals surface area contributed by atoms with Gasteiger partial charge in [0.2, 0.25) is 5.78 Å². The molecule has 0 atom stereocenters. The van der Waals surface area contributed by atoms with Gasteiger partial charge in [0.1, 0.15) is 11.5 Å². The monoisotopic (exact) mass is 230 g/mol. The lowest BCUT2D eigenvalue weighted by Crippen LogP contribution is -2.24. The minimum absolute atomic E-state index is 0.0749. The molecule has 0 heterocycles. The Labute approximate surface area is 92.0 Å². The lowest BCUT2D eigenvalue weighted by molar-refractivity contribution is 0.0219. The van der Waals surface area contributed by atoms with Gasteiger partial charge < -0.3 is 9.47 Å². The van der Waals surface area contributed by atoms with Crippen LogP contribution in [0.2, 0.25) is 0 Å². The molecule has 0 bridgehead atoms. The molecule has 0 aliphatic carbocycles. The van der Waals surface area contributed by atoms with Crippen molar-refractivity contribution in [3.63, 3.8) is 0 Å². The molecular weight excluding hydrogens is 218 g/mol. The second-order valence-electron chi connectivity index (χ2n) is 3.28. The average molecular weight is 230 g/mol. The Morgan fingerprint density at radius 1 is 1.25 bits per heavy atom. The standard InChI is InChI=1S/C11H12F2O3/c1-11(12,13)10(14)8-5-4-7(15-2)6-9(8)16-3/h4-6H,1-3H3. The lowest BCUT2D eigenvalue weighted by atomic mass is 10.1. The highest BCUT2D eigenvalue weighted by Gasteiger charge is 2.35. The Bertz CT molecular complexity index is 397. The number of ether oxygens (including phenoxy) is 2. The van der Waals surface area contributed by atoms with Crippen LogP contribution in [0.5, 0.6) is 11.5 Å². The summed E-state index contributed by atoms with van der Waals surface area (Å²) in [5.41, 5.74) is -0.157. The van der Waals surface area contributed by atoms with Gasteiger partial charge in [-0.1, -0.05) is 0 Å². The zero-order valence-corrected chi connectivity index (χ0v) is 9.21. The van der Waals surface area contributed by atoms with Gasteiger partial charge in [-0.3, -0.25) is 4.79 Å². The number of halogens is 2. The van der Waals surface area contributed by atoms with E-state index in [4.69, 9.17) is 9.47 Å². The van der Waals surface area contributed by atoms with Crippen LogP contribution in [0.1, 0.15) is 17.3 Å². The van der Waals surface area contributed by atoms with E-state index in [0.29, 0.717) is 12.7 Å². The van der Waals surface area contributed by atoms with Crippen molar-refractivity contribution in [1.29, 1.82) is 0 Å². The van der Waals surface area contributed by atoms with E-state index in [2.05, 4.69) is 0 Å². The van der Waals surface area contributed by atoms with Crippen molar-refractivity contribution in [3.8, 4) is 11.5 Å². The first-order valence-corrected chi connectivity index (χ1v) is 4.54. The highest BCUT2D eigenvalue weighted by Crippen LogP contribution is 2.29. The summed E-state index contributed by atoms with van der Waals surface area (Å²) < 4.78 is 35.5. The van der Waals surface area contributed by atoms with Crippen LogP contribution >= 0.6 is 0 Å². The maximum Gasteiger partial charge on any atom is 0.307 e. The lowest BCUT2D eigenvalue weighted by Gasteiger charge is -2.13. The molecule has 0 saturated carbocycles. The van der Waals surface area contributed by atoms with Crippen molar-refractivity contribution >= 4 is 5.78 Å². The van der Waals surface area contributed by atoms with E-state index in [-0.39, 0.29) is 11.3 Å². The number of ketones is 1. The first-order chi connectivity index (χ1) is 7.40. The highest BCUT2D eigenvalue weighted by atomic mass is 19.3. The molecule has 0 amide bonds. The minimum atomic E-state index is -3.41. The van der Waals surface area contributed by atoms with E-state index in [1.165, 1.54) is 32.4 Å². The van der Waals surface area contributed by atoms with E-state index < -0.39 is 11.7 Å². The predicted molar refractivity (Wildman–Crippen MR) is 54.5 cm³/mol. The SMILES string of the molecule is COc1ccc(C(=O)C(C)(F)F)c(OC)c1. The summed E-state index contributed by atoms with van der Waals surface area (Å²) in [6.45, 7) is 0.555. The van der Waals surface area contributed by atoms with Gasteiger partial charge in [-0.25, -0.2) is 0 Å². The van der Waals surface area contributed by atoms with E-state index in [0.717, 1.165) is 0 Å². The van der Waals surface area contributed by atoms with Gasteiger partial charge in [-0.05, 0) is 12.1 Å². The number of benzene rings is 1. The van der Waals surface area contributed by atoms with Gasteiger partial charge in [0.15, 0.2) is 0 Å². The van der Waals surface area contributed by atoms with E-state index in [9.17, 15) is 13.6 Å². The predicted octanol–water partition coefficient (Wildman–Crippen LogP) is 2.54. The first kappa shape index (κ1) is 12.4. The number of carbonyl (C=O) groups excluding carboxylic acids is 1. The fourth-order valence-corrected chi connectivity index (χ4v) is 1.22. The van der Waals surface area contributed by atoms with Gasteiger partial charge in [0.25, 0.3) is 0 Å². The van der Waals surface area contributed by atoms with Crippen LogP contribution in [-0.4, -0.2) is 25.9 Å². The Morgan fingerprint density at radius 3 is 2.31 bits per heavy atom. The Balaban J connectivity index is 3.19. The van der Waals surface area contributed by atoms with Crippen LogP contribution in [-0.2, 0) is 0 Å². The number of methoxy groups -OCH3 is 2. The fraction of sp³-hybridized carbons (Fsp3) is 0.364. The van der Waals surface area contributed by atoms with Crippen molar-refractivity contribution in [2.75, 3.05) is 14.2 Å². The molecule has 5 heteroatoms. The smallest absolute Gasteiger partial charge is 0.307 e. The molecule has 0 aliphatic heterocycles. The normalized spacial score (nSPS) is 11.1. The Kier molecular flexibility index (Phi) is 3.47. The third-order valence-corrected chi connectivity index (χ3v) is 2.05. The number of alkyl halides is 2. The number of carbonyl (C=O) groups is 1. The molecule has 0 saturated heterocycles. The molecule has 16 heavy (non-hydrogen) atoms. The quantitative estimate of drug-likeness (QED) is 0.745. The maximum absolute atomic E-state index is 12.9. The number of hydrogen-bond donors (Lipinski definition) is 0. The molecule has 1 aromatic rings. The summed E-state index contributed by atoms with van der Waals surface area (Å²) >= 11 is 0. The van der Waals surface area contributed by atoms with Gasteiger partial charge in [-0.2, -0.15) is 8.78 Å². The molecule has 0 aromatic heterocycles. The van der Waals surface area contributed by atoms with E-state index >= 15 is 0 Å². The summed E-state index contributed by atoms with van der Waals surface area (Å²) in [4.78, 5) is 11.4. The molecule has 0 fully saturated rings. The molecule has 0 unspecified atom stereocenters. The van der Waals surface area contributed by atoms with Crippen LogP contribution in [0, 0.1) is 0 Å². The minimum Gasteiger partial charge on any atom is -0.497 e. The fourth-order valence-electron chi connectivity index (χ4n) is 1.22. The molecule has 3 nitrogen and oxygen atoms in total. The summed E-state index contributed by atoms with van der Waals surface area (Å²) in [5, 5.41) is 0. The van der Waals surface area contributed by atoms with Crippen LogP contribution < -0.4 is 9.47 Å². The molecular formula is C11H12F2O3. The van der Waals surface area contributed by atoms with E-state index in [1.54, 1.807) is 0 Å². The molecule has 0 spiro atoms. The van der Waals surface area contributed by atoms with Crippen molar-refractivity contribution < 1.29 is 23.0 Å². The van der Waals surface area contributed by atoms with E-state index in [1.807, 2.05) is 0 Å². The number of Topliss-reactive ketones (excluding diaryl/α,β-unsaturated/α-hetero) is 1. The van der Waals surface area contributed by atoms with Crippen molar-refractivity contribution in [1.82, 2.24) is 0 Å².